The monoisotopic (exact) mass is 534 g/mol. The standard InChI is InChI=1S/C22H27FN8O5S/c1-12-16(9-25-30(12)11-22(2,32)36-4)29-5-6-37(33,34)18(10-29)19-27-20-13-7-14(23)17(35-3)8-15(13)26-21(24)31(20)28-19/h7-9,18,32H,5-6,10-11H2,1-4H3,(H2,24,26)/t18-,22?/m0/s1. The molecular weight excluding hydrogens is 507 g/mol. The van der Waals surface area contributed by atoms with Crippen molar-refractivity contribution in [3.63, 3.8) is 0 Å². The Labute approximate surface area is 211 Å². The summed E-state index contributed by atoms with van der Waals surface area (Å²) in [6.07, 6.45) is 1.62. The molecular formula is C22H27FN8O5S. The SMILES string of the molecule is COc1cc2nc(N)n3nc([C@@H]4CN(c5cnn(CC(C)(O)OC)c5C)CCS4(=O)=O)nc3c2cc1F. The van der Waals surface area contributed by atoms with Crippen LogP contribution in [0.5, 0.6) is 5.75 Å². The number of sulfone groups is 1. The van der Waals surface area contributed by atoms with Gasteiger partial charge in [0.25, 0.3) is 0 Å². The third-order valence-electron chi connectivity index (χ3n) is 6.64. The maximum atomic E-state index is 14.5. The maximum Gasteiger partial charge on any atom is 0.223 e. The van der Waals surface area contributed by atoms with Gasteiger partial charge in [-0.1, -0.05) is 0 Å². The topological polar surface area (TPSA) is 163 Å². The van der Waals surface area contributed by atoms with E-state index in [1.807, 2.05) is 11.8 Å². The van der Waals surface area contributed by atoms with Crippen LogP contribution in [-0.4, -0.2) is 81.7 Å². The number of aromatic nitrogens is 6. The highest BCUT2D eigenvalue weighted by Crippen LogP contribution is 2.33. The first-order chi connectivity index (χ1) is 17.4. The van der Waals surface area contributed by atoms with Crippen molar-refractivity contribution in [1.82, 2.24) is 29.4 Å². The third kappa shape index (κ3) is 4.32. The second-order valence-corrected chi connectivity index (χ2v) is 11.4. The Bertz CT molecular complexity index is 1620. The molecule has 1 unspecified atom stereocenters. The zero-order valence-electron chi connectivity index (χ0n) is 20.7. The number of anilines is 2. The Morgan fingerprint density at radius 2 is 2.05 bits per heavy atom. The first-order valence-corrected chi connectivity index (χ1v) is 13.1. The summed E-state index contributed by atoms with van der Waals surface area (Å²) in [6.45, 7) is 3.77. The van der Waals surface area contributed by atoms with Crippen LogP contribution in [0.1, 0.15) is 23.7 Å². The van der Waals surface area contributed by atoms with Gasteiger partial charge in [-0.15, -0.1) is 5.10 Å². The van der Waals surface area contributed by atoms with Crippen molar-refractivity contribution in [2.45, 2.75) is 31.4 Å². The fraction of sp³-hybridized carbons (Fsp3) is 0.455. The van der Waals surface area contributed by atoms with E-state index in [9.17, 15) is 17.9 Å². The fourth-order valence-electron chi connectivity index (χ4n) is 4.43. The van der Waals surface area contributed by atoms with Crippen LogP contribution in [0.2, 0.25) is 0 Å². The molecule has 1 aromatic carbocycles. The molecule has 0 radical (unpaired) electrons. The number of hydrogen-bond acceptors (Lipinski definition) is 11. The van der Waals surface area contributed by atoms with Gasteiger partial charge in [-0.2, -0.15) is 9.61 Å². The molecule has 0 bridgehead atoms. The molecule has 3 N–H and O–H groups in total. The summed E-state index contributed by atoms with van der Waals surface area (Å²) in [5.74, 6) is -2.16. The number of ether oxygens (including phenoxy) is 2. The van der Waals surface area contributed by atoms with Gasteiger partial charge in [0.05, 0.1) is 42.5 Å². The van der Waals surface area contributed by atoms with E-state index in [0.717, 1.165) is 11.4 Å². The lowest BCUT2D eigenvalue weighted by atomic mass is 10.2. The van der Waals surface area contributed by atoms with E-state index in [2.05, 4.69) is 20.2 Å². The first-order valence-electron chi connectivity index (χ1n) is 11.4. The number of aliphatic hydroxyl groups is 1. The molecule has 0 spiro atoms. The molecule has 198 valence electrons. The lowest BCUT2D eigenvalue weighted by Gasteiger charge is -2.32. The van der Waals surface area contributed by atoms with Crippen LogP contribution in [0.25, 0.3) is 16.6 Å². The quantitative estimate of drug-likeness (QED) is 0.337. The van der Waals surface area contributed by atoms with E-state index >= 15 is 0 Å². The zero-order valence-corrected chi connectivity index (χ0v) is 21.5. The molecule has 0 aliphatic carbocycles. The van der Waals surface area contributed by atoms with Gasteiger partial charge >= 0.3 is 0 Å². The van der Waals surface area contributed by atoms with Gasteiger partial charge < -0.3 is 25.2 Å². The lowest BCUT2D eigenvalue weighted by Crippen LogP contribution is -2.43. The Balaban J connectivity index is 1.54. The summed E-state index contributed by atoms with van der Waals surface area (Å²) in [5.41, 5.74) is 8.07. The normalized spacial score (nSPS) is 19.4. The predicted molar refractivity (Wildman–Crippen MR) is 133 cm³/mol. The molecule has 1 aliphatic rings. The summed E-state index contributed by atoms with van der Waals surface area (Å²) >= 11 is 0. The van der Waals surface area contributed by atoms with Crippen molar-refractivity contribution >= 4 is 38.0 Å². The van der Waals surface area contributed by atoms with Crippen LogP contribution in [0.4, 0.5) is 16.0 Å². The number of nitrogens with two attached hydrogens (primary N) is 1. The maximum absolute atomic E-state index is 14.5. The number of methoxy groups -OCH3 is 2. The molecule has 0 amide bonds. The summed E-state index contributed by atoms with van der Waals surface area (Å²) in [6, 6.07) is 2.61. The molecule has 15 heteroatoms. The molecule has 2 atom stereocenters. The van der Waals surface area contributed by atoms with E-state index in [4.69, 9.17) is 15.2 Å². The lowest BCUT2D eigenvalue weighted by molar-refractivity contribution is -0.181. The molecule has 1 fully saturated rings. The van der Waals surface area contributed by atoms with Gasteiger partial charge in [0.15, 0.2) is 38.7 Å². The van der Waals surface area contributed by atoms with E-state index in [1.54, 1.807) is 10.9 Å². The van der Waals surface area contributed by atoms with Crippen molar-refractivity contribution in [2.75, 3.05) is 43.7 Å². The smallest absolute Gasteiger partial charge is 0.223 e. The zero-order chi connectivity index (χ0) is 26.7. The molecule has 5 rings (SSSR count). The number of nitrogen functional groups attached to an aromatic ring is 1. The Kier molecular flexibility index (Phi) is 5.96. The average Bonchev–Trinajstić information content (AvgIpc) is 3.44. The van der Waals surface area contributed by atoms with Gasteiger partial charge in [0, 0.05) is 31.7 Å². The van der Waals surface area contributed by atoms with Crippen molar-refractivity contribution in [2.24, 2.45) is 0 Å². The predicted octanol–water partition coefficient (Wildman–Crippen LogP) is 0.843. The molecule has 1 saturated heterocycles. The molecule has 3 aromatic heterocycles. The summed E-state index contributed by atoms with van der Waals surface area (Å²) in [4.78, 5) is 10.6. The minimum atomic E-state index is -3.61. The molecule has 1 aliphatic heterocycles. The summed E-state index contributed by atoms with van der Waals surface area (Å²) in [7, 11) is -0.871. The second-order valence-electron chi connectivity index (χ2n) is 9.13. The number of fused-ring (bicyclic) bond motifs is 3. The van der Waals surface area contributed by atoms with Crippen LogP contribution < -0.4 is 15.4 Å². The summed E-state index contributed by atoms with van der Waals surface area (Å²) in [5, 5.41) is 18.2. The number of rotatable bonds is 6. The minimum absolute atomic E-state index is 0.00285. The van der Waals surface area contributed by atoms with Gasteiger partial charge in [0.1, 0.15) is 5.25 Å². The van der Waals surface area contributed by atoms with Gasteiger partial charge in [-0.25, -0.2) is 22.8 Å². The van der Waals surface area contributed by atoms with Gasteiger partial charge in [-0.3, -0.25) is 4.68 Å². The first kappa shape index (κ1) is 25.1. The van der Waals surface area contributed by atoms with E-state index in [1.165, 1.54) is 37.8 Å². The largest absolute Gasteiger partial charge is 0.494 e. The fourth-order valence-corrected chi connectivity index (χ4v) is 6.02. The highest BCUT2D eigenvalue weighted by molar-refractivity contribution is 7.91. The van der Waals surface area contributed by atoms with Crippen molar-refractivity contribution in [1.29, 1.82) is 0 Å². The van der Waals surface area contributed by atoms with Crippen molar-refractivity contribution in [3.05, 3.63) is 35.7 Å². The van der Waals surface area contributed by atoms with Crippen LogP contribution in [-0.2, 0) is 21.1 Å². The number of halogens is 1. The Morgan fingerprint density at radius 3 is 2.76 bits per heavy atom. The number of benzene rings is 1. The third-order valence-corrected chi connectivity index (χ3v) is 8.62. The second kappa shape index (κ2) is 8.78. The molecule has 37 heavy (non-hydrogen) atoms. The van der Waals surface area contributed by atoms with Crippen LogP contribution in [0, 0.1) is 12.7 Å². The van der Waals surface area contributed by atoms with E-state index in [-0.39, 0.29) is 48.6 Å². The minimum Gasteiger partial charge on any atom is -0.494 e. The van der Waals surface area contributed by atoms with Crippen LogP contribution >= 0.6 is 0 Å². The van der Waals surface area contributed by atoms with E-state index < -0.39 is 26.7 Å². The average molecular weight is 535 g/mol. The van der Waals surface area contributed by atoms with Crippen molar-refractivity contribution < 1.29 is 27.4 Å². The van der Waals surface area contributed by atoms with Crippen molar-refractivity contribution in [3.8, 4) is 5.75 Å². The van der Waals surface area contributed by atoms with Gasteiger partial charge in [-0.05, 0) is 19.9 Å². The van der Waals surface area contributed by atoms with Crippen LogP contribution in [0.15, 0.2) is 18.3 Å². The summed E-state index contributed by atoms with van der Waals surface area (Å²) < 4.78 is 53.6. The molecule has 4 heterocycles. The van der Waals surface area contributed by atoms with E-state index in [0.29, 0.717) is 10.9 Å². The number of hydrogen-bond donors (Lipinski definition) is 2. The molecule has 4 aromatic rings. The Morgan fingerprint density at radius 1 is 1.30 bits per heavy atom. The highest BCUT2D eigenvalue weighted by atomic mass is 32.2. The van der Waals surface area contributed by atoms with Gasteiger partial charge in [0.2, 0.25) is 5.95 Å². The Hall–Kier alpha value is -3.56. The molecule has 13 nitrogen and oxygen atoms in total. The molecule has 0 saturated carbocycles. The van der Waals surface area contributed by atoms with Crippen LogP contribution in [0.3, 0.4) is 0 Å². The number of nitrogens with zero attached hydrogens (tertiary/aromatic N) is 7. The highest BCUT2D eigenvalue weighted by Gasteiger charge is 2.38.